The maximum Gasteiger partial charge on any atom is 0.251 e. The second-order valence-electron chi connectivity index (χ2n) is 8.70. The summed E-state index contributed by atoms with van der Waals surface area (Å²) in [6, 6.07) is 22.2. The second kappa shape index (κ2) is 11.7. The van der Waals surface area contributed by atoms with Gasteiger partial charge in [-0.05, 0) is 60.9 Å². The van der Waals surface area contributed by atoms with E-state index in [1.54, 1.807) is 43.5 Å². The zero-order valence-corrected chi connectivity index (χ0v) is 22.3. The van der Waals surface area contributed by atoms with E-state index in [2.05, 4.69) is 21.6 Å². The van der Waals surface area contributed by atoms with E-state index < -0.39 is 0 Å². The molecule has 0 aliphatic carbocycles. The summed E-state index contributed by atoms with van der Waals surface area (Å²) in [4.78, 5) is 27.9. The molecule has 4 aromatic rings. The Bertz CT molecular complexity index is 1470. The van der Waals surface area contributed by atoms with Gasteiger partial charge in [-0.3, -0.25) is 14.2 Å². The first kappa shape index (κ1) is 25.8. The molecule has 3 aromatic carbocycles. The van der Waals surface area contributed by atoms with Crippen LogP contribution in [0.15, 0.2) is 78.0 Å². The van der Waals surface area contributed by atoms with Crippen LogP contribution in [0.4, 0.5) is 5.69 Å². The molecule has 0 bridgehead atoms. The predicted molar refractivity (Wildman–Crippen MR) is 148 cm³/mol. The van der Waals surface area contributed by atoms with Crippen LogP contribution in [0.1, 0.15) is 28.2 Å². The number of benzene rings is 3. The number of aryl methyl sites for hydroxylation is 1. The van der Waals surface area contributed by atoms with Gasteiger partial charge in [0.15, 0.2) is 11.0 Å². The highest BCUT2D eigenvalue weighted by Gasteiger charge is 2.24. The molecule has 0 saturated heterocycles. The largest absolute Gasteiger partial charge is 0.497 e. The Morgan fingerprint density at radius 2 is 1.89 bits per heavy atom. The average Bonchev–Trinajstić information content (AvgIpc) is 3.37. The molecule has 0 radical (unpaired) electrons. The number of ether oxygens (including phenoxy) is 1. The van der Waals surface area contributed by atoms with Crippen molar-refractivity contribution in [1.82, 2.24) is 20.1 Å². The zero-order chi connectivity index (χ0) is 26.5. The van der Waals surface area contributed by atoms with E-state index in [4.69, 9.17) is 16.3 Å². The molecule has 0 unspecified atom stereocenters. The van der Waals surface area contributed by atoms with Crippen LogP contribution in [-0.4, -0.2) is 46.0 Å². The molecule has 2 heterocycles. The number of nitrogens with one attached hydrogen (secondary N) is 1. The lowest BCUT2D eigenvalue weighted by Gasteiger charge is -2.29. The van der Waals surface area contributed by atoms with Crippen molar-refractivity contribution in [3.63, 3.8) is 0 Å². The van der Waals surface area contributed by atoms with Crippen molar-refractivity contribution in [3.05, 3.63) is 94.8 Å². The van der Waals surface area contributed by atoms with Crippen LogP contribution in [0, 0.1) is 0 Å². The van der Waals surface area contributed by atoms with E-state index in [9.17, 15) is 9.59 Å². The highest BCUT2D eigenvalue weighted by Crippen LogP contribution is 2.29. The minimum atomic E-state index is -0.266. The molecular formula is C28H26ClN5O3S. The summed E-state index contributed by atoms with van der Waals surface area (Å²) in [7, 11) is 1.55. The normalized spacial score (nSPS) is 12.6. The molecule has 2 amide bonds. The molecule has 0 atom stereocenters. The smallest absolute Gasteiger partial charge is 0.251 e. The number of fused-ring (bicyclic) bond motifs is 1. The summed E-state index contributed by atoms with van der Waals surface area (Å²) < 4.78 is 7.04. The summed E-state index contributed by atoms with van der Waals surface area (Å²) in [5.41, 5.74) is 3.38. The van der Waals surface area contributed by atoms with Gasteiger partial charge in [0, 0.05) is 22.8 Å². The molecule has 1 aromatic heterocycles. The first-order valence-electron chi connectivity index (χ1n) is 12.2. The number of anilines is 1. The van der Waals surface area contributed by atoms with Crippen molar-refractivity contribution >= 4 is 40.9 Å². The number of methoxy groups -OCH3 is 1. The van der Waals surface area contributed by atoms with Gasteiger partial charge in [-0.15, -0.1) is 10.2 Å². The summed E-state index contributed by atoms with van der Waals surface area (Å²) in [5, 5.41) is 12.7. The summed E-state index contributed by atoms with van der Waals surface area (Å²) in [6.45, 7) is 0.822. The first-order chi connectivity index (χ1) is 18.5. The number of aromatic nitrogens is 3. The third-order valence-electron chi connectivity index (χ3n) is 6.24. The lowest BCUT2D eigenvalue weighted by Crippen LogP contribution is -2.36. The van der Waals surface area contributed by atoms with Crippen molar-refractivity contribution in [2.45, 2.75) is 24.5 Å². The van der Waals surface area contributed by atoms with Crippen LogP contribution >= 0.6 is 23.4 Å². The molecule has 5 rings (SSSR count). The monoisotopic (exact) mass is 547 g/mol. The maximum absolute atomic E-state index is 13.2. The number of carbonyl (C=O) groups is 2. The number of hydrogen-bond donors (Lipinski definition) is 1. The number of amides is 2. The Labute approximate surface area is 230 Å². The van der Waals surface area contributed by atoms with E-state index in [1.807, 2.05) is 39.8 Å². The van der Waals surface area contributed by atoms with E-state index in [-0.39, 0.29) is 24.1 Å². The molecule has 38 heavy (non-hydrogen) atoms. The minimum Gasteiger partial charge on any atom is -0.497 e. The van der Waals surface area contributed by atoms with E-state index in [1.165, 1.54) is 17.3 Å². The fourth-order valence-electron chi connectivity index (χ4n) is 4.41. The minimum absolute atomic E-state index is 0.00988. The number of halogens is 1. The quantitative estimate of drug-likeness (QED) is 0.315. The number of hydrogen-bond acceptors (Lipinski definition) is 6. The Balaban J connectivity index is 1.35. The molecule has 8 nitrogen and oxygen atoms in total. The van der Waals surface area contributed by atoms with Gasteiger partial charge in [0.25, 0.3) is 5.91 Å². The van der Waals surface area contributed by atoms with Crippen molar-refractivity contribution in [3.8, 4) is 11.4 Å². The van der Waals surface area contributed by atoms with Crippen LogP contribution in [0.5, 0.6) is 5.75 Å². The SMILES string of the molecule is COc1cccc(C(=O)NCc2nnc(SCC(=O)N3CCCc4ccccc43)n2-c2cccc(Cl)c2)c1. The number of rotatable bonds is 8. The molecule has 1 aliphatic heterocycles. The molecular weight excluding hydrogens is 522 g/mol. The molecule has 194 valence electrons. The van der Waals surface area contributed by atoms with Crippen molar-refractivity contribution in [1.29, 1.82) is 0 Å². The summed E-state index contributed by atoms with van der Waals surface area (Å²) >= 11 is 7.58. The summed E-state index contributed by atoms with van der Waals surface area (Å²) in [6.07, 6.45) is 1.91. The molecule has 0 spiro atoms. The van der Waals surface area contributed by atoms with Gasteiger partial charge in [0.2, 0.25) is 5.91 Å². The molecule has 10 heteroatoms. The molecule has 1 N–H and O–H groups in total. The lowest BCUT2D eigenvalue weighted by atomic mass is 10.0. The van der Waals surface area contributed by atoms with Gasteiger partial charge in [-0.2, -0.15) is 0 Å². The van der Waals surface area contributed by atoms with Gasteiger partial charge in [-0.25, -0.2) is 0 Å². The van der Waals surface area contributed by atoms with Crippen LogP contribution < -0.4 is 15.0 Å². The number of thioether (sulfide) groups is 1. The average molecular weight is 548 g/mol. The van der Waals surface area contributed by atoms with E-state index in [0.29, 0.717) is 33.9 Å². The first-order valence-corrected chi connectivity index (χ1v) is 13.5. The lowest BCUT2D eigenvalue weighted by molar-refractivity contribution is -0.116. The second-order valence-corrected chi connectivity index (χ2v) is 10.1. The van der Waals surface area contributed by atoms with Gasteiger partial charge < -0.3 is 15.0 Å². The number of carbonyl (C=O) groups excluding carboxylic acids is 2. The maximum atomic E-state index is 13.2. The Morgan fingerprint density at radius 1 is 1.05 bits per heavy atom. The van der Waals surface area contributed by atoms with Crippen molar-refractivity contribution < 1.29 is 14.3 Å². The van der Waals surface area contributed by atoms with Crippen LogP contribution in [-0.2, 0) is 17.8 Å². The topological polar surface area (TPSA) is 89.3 Å². The third kappa shape index (κ3) is 5.69. The molecule has 0 fully saturated rings. The van der Waals surface area contributed by atoms with Crippen LogP contribution in [0.3, 0.4) is 0 Å². The van der Waals surface area contributed by atoms with Crippen molar-refractivity contribution in [2.24, 2.45) is 0 Å². The summed E-state index contributed by atoms with van der Waals surface area (Å²) in [5.74, 6) is 1.05. The fourth-order valence-corrected chi connectivity index (χ4v) is 5.44. The highest BCUT2D eigenvalue weighted by atomic mass is 35.5. The Hall–Kier alpha value is -3.82. The highest BCUT2D eigenvalue weighted by molar-refractivity contribution is 7.99. The standard InChI is InChI=1S/C28H26ClN5O3S/c1-37-23-12-4-8-20(15-23)27(36)30-17-25-31-32-28(34(25)22-11-5-10-21(29)16-22)38-18-26(35)33-14-6-9-19-7-2-3-13-24(19)33/h2-5,7-8,10-13,15-16H,6,9,14,17-18H2,1H3,(H,30,36). The molecule has 1 aliphatic rings. The zero-order valence-electron chi connectivity index (χ0n) is 20.8. The number of nitrogens with zero attached hydrogens (tertiary/aromatic N) is 4. The third-order valence-corrected chi connectivity index (χ3v) is 7.39. The van der Waals surface area contributed by atoms with Crippen LogP contribution in [0.2, 0.25) is 5.02 Å². The van der Waals surface area contributed by atoms with E-state index >= 15 is 0 Å². The Kier molecular flexibility index (Phi) is 7.95. The van der Waals surface area contributed by atoms with Gasteiger partial charge in [0.05, 0.1) is 25.1 Å². The van der Waals surface area contributed by atoms with Gasteiger partial charge in [0.1, 0.15) is 5.75 Å². The van der Waals surface area contributed by atoms with Gasteiger partial charge >= 0.3 is 0 Å². The van der Waals surface area contributed by atoms with E-state index in [0.717, 1.165) is 24.2 Å². The predicted octanol–water partition coefficient (Wildman–Crippen LogP) is 4.93. The molecule has 0 saturated carbocycles. The van der Waals surface area contributed by atoms with Gasteiger partial charge in [-0.1, -0.05) is 53.7 Å². The van der Waals surface area contributed by atoms with Crippen molar-refractivity contribution in [2.75, 3.05) is 24.3 Å². The number of para-hydroxylation sites is 1. The van der Waals surface area contributed by atoms with Crippen LogP contribution in [0.25, 0.3) is 5.69 Å². The Morgan fingerprint density at radius 3 is 2.74 bits per heavy atom. The fraction of sp³-hybridized carbons (Fsp3) is 0.214.